The van der Waals surface area contributed by atoms with Gasteiger partial charge in [0.05, 0.1) is 17.8 Å². The van der Waals surface area contributed by atoms with E-state index in [4.69, 9.17) is 4.74 Å². The van der Waals surface area contributed by atoms with Crippen molar-refractivity contribution in [1.82, 2.24) is 0 Å². The minimum Gasteiger partial charge on any atom is -0.373 e. The van der Waals surface area contributed by atoms with Crippen LogP contribution < -0.4 is 4.90 Å². The van der Waals surface area contributed by atoms with Crippen molar-refractivity contribution in [2.45, 2.75) is 31.9 Å². The molecule has 1 fully saturated rings. The van der Waals surface area contributed by atoms with Crippen LogP contribution in [0.5, 0.6) is 0 Å². The number of benzene rings is 2. The largest absolute Gasteiger partial charge is 0.373 e. The van der Waals surface area contributed by atoms with Gasteiger partial charge in [-0.2, -0.15) is 0 Å². The highest BCUT2D eigenvalue weighted by Crippen LogP contribution is 2.55. The van der Waals surface area contributed by atoms with E-state index in [-0.39, 0.29) is 18.1 Å². The summed E-state index contributed by atoms with van der Waals surface area (Å²) in [7, 11) is 0. The first kappa shape index (κ1) is 13.3. The Morgan fingerprint density at radius 2 is 2.00 bits per heavy atom. The fraction of sp³-hybridized carbons (Fsp3) is 0.350. The summed E-state index contributed by atoms with van der Waals surface area (Å²) in [4.78, 5) is 15.1. The van der Waals surface area contributed by atoms with Crippen LogP contribution >= 0.6 is 0 Å². The maximum Gasteiger partial charge on any atom is 0.259 e. The summed E-state index contributed by atoms with van der Waals surface area (Å²) >= 11 is 0. The molecule has 5 rings (SSSR count). The molecule has 1 amide bonds. The molecule has 0 N–H and O–H groups in total. The quantitative estimate of drug-likeness (QED) is 0.731. The minimum absolute atomic E-state index is 0.111. The van der Waals surface area contributed by atoms with Crippen LogP contribution in [0, 0.1) is 12.8 Å². The van der Waals surface area contributed by atoms with E-state index in [0.717, 1.165) is 30.7 Å². The first-order valence-electron chi connectivity index (χ1n) is 8.40. The van der Waals surface area contributed by atoms with Gasteiger partial charge in [-0.3, -0.25) is 4.79 Å². The van der Waals surface area contributed by atoms with Gasteiger partial charge < -0.3 is 9.64 Å². The Hall–Kier alpha value is -2.13. The predicted molar refractivity (Wildman–Crippen MR) is 88.6 cm³/mol. The molecule has 3 aliphatic rings. The van der Waals surface area contributed by atoms with Gasteiger partial charge in [0.2, 0.25) is 0 Å². The van der Waals surface area contributed by atoms with Crippen LogP contribution in [-0.2, 0) is 4.74 Å². The van der Waals surface area contributed by atoms with Crippen LogP contribution in [0.3, 0.4) is 0 Å². The Kier molecular flexibility index (Phi) is 2.71. The van der Waals surface area contributed by atoms with Gasteiger partial charge >= 0.3 is 0 Å². The Morgan fingerprint density at radius 1 is 1.13 bits per heavy atom. The molecule has 0 radical (unpaired) electrons. The smallest absolute Gasteiger partial charge is 0.259 e. The molecule has 2 aromatic rings. The molecule has 23 heavy (non-hydrogen) atoms. The van der Waals surface area contributed by atoms with Crippen molar-refractivity contribution in [1.29, 1.82) is 0 Å². The van der Waals surface area contributed by atoms with E-state index in [0.29, 0.717) is 5.92 Å². The van der Waals surface area contributed by atoms with Gasteiger partial charge in [0, 0.05) is 23.7 Å². The number of fused-ring (bicyclic) bond motifs is 8. The van der Waals surface area contributed by atoms with Crippen LogP contribution in [-0.4, -0.2) is 12.5 Å². The lowest BCUT2D eigenvalue weighted by atomic mass is 9.77. The molecule has 0 saturated carbocycles. The number of carbonyl (C=O) groups is 1. The van der Waals surface area contributed by atoms with E-state index >= 15 is 0 Å². The lowest BCUT2D eigenvalue weighted by molar-refractivity contribution is -0.0410. The van der Waals surface area contributed by atoms with Crippen molar-refractivity contribution >= 4 is 11.6 Å². The fourth-order valence-corrected chi connectivity index (χ4v) is 4.58. The molecule has 3 heterocycles. The zero-order chi connectivity index (χ0) is 15.6. The summed E-state index contributed by atoms with van der Waals surface area (Å²) in [6.45, 7) is 2.90. The number of amides is 1. The van der Waals surface area contributed by atoms with Gasteiger partial charge in [0.15, 0.2) is 0 Å². The Morgan fingerprint density at radius 3 is 2.91 bits per heavy atom. The lowest BCUT2D eigenvalue weighted by Crippen LogP contribution is -2.42. The Balaban J connectivity index is 1.77. The number of hydrogen-bond donors (Lipinski definition) is 0. The molecule has 3 heteroatoms. The topological polar surface area (TPSA) is 29.5 Å². The summed E-state index contributed by atoms with van der Waals surface area (Å²) in [6, 6.07) is 14.6. The highest BCUT2D eigenvalue weighted by atomic mass is 16.5. The van der Waals surface area contributed by atoms with E-state index in [1.165, 1.54) is 16.7 Å². The second kappa shape index (κ2) is 4.68. The van der Waals surface area contributed by atoms with Gasteiger partial charge in [-0.1, -0.05) is 30.3 Å². The van der Waals surface area contributed by atoms with Gasteiger partial charge in [-0.25, -0.2) is 0 Å². The van der Waals surface area contributed by atoms with Crippen molar-refractivity contribution in [2.75, 3.05) is 11.5 Å². The maximum atomic E-state index is 13.1. The average molecular weight is 305 g/mol. The van der Waals surface area contributed by atoms with Gasteiger partial charge in [0.1, 0.15) is 0 Å². The van der Waals surface area contributed by atoms with Crippen LogP contribution in [0.4, 0.5) is 5.69 Å². The van der Waals surface area contributed by atoms with E-state index in [9.17, 15) is 4.79 Å². The number of carbonyl (C=O) groups excluding carboxylic acids is 1. The second-order valence-corrected chi connectivity index (χ2v) is 6.87. The average Bonchev–Trinajstić information content (AvgIpc) is 2.89. The molecule has 0 aliphatic carbocycles. The second-order valence-electron chi connectivity index (χ2n) is 6.87. The predicted octanol–water partition coefficient (Wildman–Crippen LogP) is 4.18. The number of ether oxygens (including phenoxy) is 1. The third-order valence-corrected chi connectivity index (χ3v) is 5.53. The molecular weight excluding hydrogens is 286 g/mol. The van der Waals surface area contributed by atoms with E-state index in [2.05, 4.69) is 31.2 Å². The van der Waals surface area contributed by atoms with E-state index in [1.807, 2.05) is 23.1 Å². The fourth-order valence-electron chi connectivity index (χ4n) is 4.58. The zero-order valence-electron chi connectivity index (χ0n) is 13.2. The SMILES string of the molecule is Cc1ccc2c(c1)N1C(=O)c3ccccc3[C@@H]1[C@H]1CCCO[C@@H]21. The third kappa shape index (κ3) is 1.71. The molecule has 2 aromatic carbocycles. The van der Waals surface area contributed by atoms with Crippen LogP contribution in [0.15, 0.2) is 42.5 Å². The first-order chi connectivity index (χ1) is 11.3. The third-order valence-electron chi connectivity index (χ3n) is 5.53. The molecule has 116 valence electrons. The molecule has 3 atom stereocenters. The van der Waals surface area contributed by atoms with Crippen molar-refractivity contribution in [3.05, 3.63) is 64.7 Å². The first-order valence-corrected chi connectivity index (χ1v) is 8.40. The van der Waals surface area contributed by atoms with Crippen LogP contribution in [0.1, 0.15) is 52.0 Å². The Labute approximate surface area is 135 Å². The summed E-state index contributed by atoms with van der Waals surface area (Å²) < 4.78 is 6.17. The standard InChI is InChI=1S/C20H19NO2/c1-12-8-9-15-17(11-12)21-18(16-7-4-10-23-19(15)16)13-5-2-3-6-14(13)20(21)22/h2-3,5-6,8-9,11,16,18-19H,4,7,10H2,1H3/t16-,18-,19+/m1/s1. The summed E-state index contributed by atoms with van der Waals surface area (Å²) in [5, 5.41) is 0. The molecule has 3 nitrogen and oxygen atoms in total. The molecule has 0 spiro atoms. The number of hydrogen-bond acceptors (Lipinski definition) is 2. The summed E-state index contributed by atoms with van der Waals surface area (Å²) in [5.74, 6) is 0.494. The zero-order valence-corrected chi connectivity index (χ0v) is 13.2. The van der Waals surface area contributed by atoms with Gasteiger partial charge in [0.25, 0.3) is 5.91 Å². The monoisotopic (exact) mass is 305 g/mol. The molecule has 0 bridgehead atoms. The lowest BCUT2D eigenvalue weighted by Gasteiger charge is -2.45. The summed E-state index contributed by atoms with van der Waals surface area (Å²) in [6.07, 6.45) is 2.30. The number of aryl methyl sites for hydroxylation is 1. The normalized spacial score (nSPS) is 28.0. The van der Waals surface area contributed by atoms with Crippen LogP contribution in [0.25, 0.3) is 0 Å². The Bertz CT molecular complexity index is 813. The number of rotatable bonds is 0. The van der Waals surface area contributed by atoms with Gasteiger partial charge in [-0.05, 0) is 43.0 Å². The summed E-state index contributed by atoms with van der Waals surface area (Å²) in [5.41, 5.74) is 5.43. The molecule has 0 unspecified atom stereocenters. The highest BCUT2D eigenvalue weighted by molar-refractivity contribution is 6.12. The molecular formula is C20H19NO2. The van der Waals surface area contributed by atoms with Crippen molar-refractivity contribution in [2.24, 2.45) is 5.92 Å². The van der Waals surface area contributed by atoms with E-state index < -0.39 is 0 Å². The van der Waals surface area contributed by atoms with Crippen molar-refractivity contribution in [3.8, 4) is 0 Å². The number of nitrogens with zero attached hydrogens (tertiary/aromatic N) is 1. The molecule has 1 saturated heterocycles. The van der Waals surface area contributed by atoms with Gasteiger partial charge in [-0.15, -0.1) is 0 Å². The maximum absolute atomic E-state index is 13.1. The van der Waals surface area contributed by atoms with E-state index in [1.54, 1.807) is 0 Å². The van der Waals surface area contributed by atoms with Crippen LogP contribution in [0.2, 0.25) is 0 Å². The minimum atomic E-state index is 0.111. The highest BCUT2D eigenvalue weighted by Gasteiger charge is 2.50. The van der Waals surface area contributed by atoms with Crippen molar-refractivity contribution < 1.29 is 9.53 Å². The van der Waals surface area contributed by atoms with Crippen molar-refractivity contribution in [3.63, 3.8) is 0 Å². The molecule has 3 aliphatic heterocycles. The molecule has 0 aromatic heterocycles. The number of anilines is 1.